The van der Waals surface area contributed by atoms with Gasteiger partial charge in [-0.2, -0.15) is 0 Å². The second-order valence-electron chi connectivity index (χ2n) is 5.68. The van der Waals surface area contributed by atoms with Gasteiger partial charge in [0.15, 0.2) is 0 Å². The van der Waals surface area contributed by atoms with Crippen molar-refractivity contribution in [3.63, 3.8) is 0 Å². The maximum absolute atomic E-state index is 5.81. The summed E-state index contributed by atoms with van der Waals surface area (Å²) in [5, 5.41) is 8.33. The van der Waals surface area contributed by atoms with Crippen molar-refractivity contribution >= 4 is 0 Å². The maximum Gasteiger partial charge on any atom is 0.251 e. The zero-order valence-corrected chi connectivity index (χ0v) is 12.6. The average molecular weight is 287 g/mol. The number of benzene rings is 1. The lowest BCUT2D eigenvalue weighted by atomic mass is 10.0. The lowest BCUT2D eigenvalue weighted by Crippen LogP contribution is -2.33. The zero-order valence-electron chi connectivity index (χ0n) is 12.6. The molecule has 1 aliphatic rings. The Bertz CT molecular complexity index is 597. The third kappa shape index (κ3) is 3.24. The fourth-order valence-electron chi connectivity index (χ4n) is 2.87. The van der Waals surface area contributed by atoms with Gasteiger partial charge in [-0.3, -0.25) is 4.90 Å². The van der Waals surface area contributed by atoms with Crippen molar-refractivity contribution in [2.45, 2.75) is 26.3 Å². The van der Waals surface area contributed by atoms with Gasteiger partial charge >= 0.3 is 0 Å². The number of piperidine rings is 1. The molecule has 0 spiro atoms. The van der Waals surface area contributed by atoms with Crippen LogP contribution in [-0.4, -0.2) is 35.3 Å². The Hall–Kier alpha value is -1.88. The van der Waals surface area contributed by atoms with Crippen LogP contribution in [0, 0.1) is 5.92 Å². The largest absolute Gasteiger partial charge is 0.496 e. The Kier molecular flexibility index (Phi) is 4.20. The lowest BCUT2D eigenvalue weighted by molar-refractivity contribution is 0.163. The molecule has 0 N–H and O–H groups in total. The van der Waals surface area contributed by atoms with E-state index in [2.05, 4.69) is 22.0 Å². The van der Waals surface area contributed by atoms with E-state index >= 15 is 0 Å². The summed E-state index contributed by atoms with van der Waals surface area (Å²) in [6, 6.07) is 7.69. The van der Waals surface area contributed by atoms with Crippen LogP contribution in [0.2, 0.25) is 0 Å². The van der Waals surface area contributed by atoms with Crippen LogP contribution >= 0.6 is 0 Å². The highest BCUT2D eigenvalue weighted by Gasteiger charge is 2.19. The number of ether oxygens (including phenoxy) is 1. The SMILES string of the molecule is COc1ccccc1-c1nnc(CN2CCCC(C)C2)o1. The summed E-state index contributed by atoms with van der Waals surface area (Å²) in [6.07, 6.45) is 2.56. The van der Waals surface area contributed by atoms with E-state index in [1.54, 1.807) is 7.11 Å². The number of para-hydroxylation sites is 1. The smallest absolute Gasteiger partial charge is 0.251 e. The molecule has 1 atom stereocenters. The van der Waals surface area contributed by atoms with Gasteiger partial charge < -0.3 is 9.15 Å². The predicted octanol–water partition coefficient (Wildman–Crippen LogP) is 2.98. The number of rotatable bonds is 4. The van der Waals surface area contributed by atoms with Crippen molar-refractivity contribution in [3.8, 4) is 17.2 Å². The van der Waals surface area contributed by atoms with E-state index in [1.165, 1.54) is 12.8 Å². The third-order valence-corrected chi connectivity index (χ3v) is 3.90. The minimum Gasteiger partial charge on any atom is -0.496 e. The molecule has 1 aromatic carbocycles. The summed E-state index contributed by atoms with van der Waals surface area (Å²) >= 11 is 0. The molecule has 5 heteroatoms. The summed E-state index contributed by atoms with van der Waals surface area (Å²) in [5.41, 5.74) is 0.839. The standard InChI is InChI=1S/C16H21N3O2/c1-12-6-5-9-19(10-12)11-15-17-18-16(21-15)13-7-3-4-8-14(13)20-2/h3-4,7-8,12H,5-6,9-11H2,1-2H3. The number of methoxy groups -OCH3 is 1. The van der Waals surface area contributed by atoms with Gasteiger partial charge in [0, 0.05) is 6.54 Å². The number of aromatic nitrogens is 2. The third-order valence-electron chi connectivity index (χ3n) is 3.90. The molecule has 21 heavy (non-hydrogen) atoms. The van der Waals surface area contributed by atoms with Crippen LogP contribution in [0.15, 0.2) is 28.7 Å². The zero-order chi connectivity index (χ0) is 14.7. The fraction of sp³-hybridized carbons (Fsp3) is 0.500. The van der Waals surface area contributed by atoms with Gasteiger partial charge in [0.2, 0.25) is 5.89 Å². The molecule has 0 aliphatic carbocycles. The highest BCUT2D eigenvalue weighted by molar-refractivity contribution is 5.62. The molecule has 2 aromatic rings. The van der Waals surface area contributed by atoms with Crippen LogP contribution in [0.5, 0.6) is 5.75 Å². The minimum absolute atomic E-state index is 0.521. The molecule has 0 bridgehead atoms. The first-order valence-electron chi connectivity index (χ1n) is 7.44. The molecule has 0 saturated carbocycles. The van der Waals surface area contributed by atoms with Gasteiger partial charge in [0.05, 0.1) is 19.2 Å². The molecule has 0 radical (unpaired) electrons. The summed E-state index contributed by atoms with van der Waals surface area (Å²) in [6.45, 7) is 5.23. The molecule has 1 saturated heterocycles. The highest BCUT2D eigenvalue weighted by atomic mass is 16.5. The van der Waals surface area contributed by atoms with E-state index in [9.17, 15) is 0 Å². The summed E-state index contributed by atoms with van der Waals surface area (Å²) in [5.74, 6) is 2.69. The molecule has 1 aromatic heterocycles. The van der Waals surface area contributed by atoms with E-state index in [1.807, 2.05) is 24.3 Å². The quantitative estimate of drug-likeness (QED) is 0.865. The second-order valence-corrected chi connectivity index (χ2v) is 5.68. The van der Waals surface area contributed by atoms with Crippen LogP contribution in [0.4, 0.5) is 0 Å². The highest BCUT2D eigenvalue weighted by Crippen LogP contribution is 2.28. The van der Waals surface area contributed by atoms with Crippen molar-refractivity contribution in [1.82, 2.24) is 15.1 Å². The first-order valence-corrected chi connectivity index (χ1v) is 7.44. The van der Waals surface area contributed by atoms with E-state index in [4.69, 9.17) is 9.15 Å². The number of nitrogens with zero attached hydrogens (tertiary/aromatic N) is 3. The van der Waals surface area contributed by atoms with Gasteiger partial charge in [-0.25, -0.2) is 0 Å². The summed E-state index contributed by atoms with van der Waals surface area (Å²) in [4.78, 5) is 2.38. The van der Waals surface area contributed by atoms with Crippen LogP contribution in [0.3, 0.4) is 0 Å². The molecule has 2 heterocycles. The van der Waals surface area contributed by atoms with Crippen molar-refractivity contribution in [3.05, 3.63) is 30.2 Å². The molecule has 5 nitrogen and oxygen atoms in total. The van der Waals surface area contributed by atoms with Crippen LogP contribution < -0.4 is 4.74 Å². The van der Waals surface area contributed by atoms with E-state index in [0.29, 0.717) is 11.8 Å². The normalized spacial score (nSPS) is 19.6. The fourth-order valence-corrected chi connectivity index (χ4v) is 2.87. The Morgan fingerprint density at radius 3 is 3.00 bits per heavy atom. The molecule has 0 amide bonds. The molecule has 1 aliphatic heterocycles. The van der Waals surface area contributed by atoms with Gasteiger partial charge in [0.25, 0.3) is 5.89 Å². The Morgan fingerprint density at radius 2 is 2.19 bits per heavy atom. The summed E-state index contributed by atoms with van der Waals surface area (Å²) in [7, 11) is 1.64. The molecule has 112 valence electrons. The minimum atomic E-state index is 0.521. The van der Waals surface area contributed by atoms with Crippen LogP contribution in [0.25, 0.3) is 11.5 Å². The predicted molar refractivity (Wildman–Crippen MR) is 80.0 cm³/mol. The summed E-state index contributed by atoms with van der Waals surface area (Å²) < 4.78 is 11.1. The number of hydrogen-bond donors (Lipinski definition) is 0. The average Bonchev–Trinajstić information content (AvgIpc) is 2.95. The van der Waals surface area contributed by atoms with Gasteiger partial charge in [-0.05, 0) is 37.4 Å². The lowest BCUT2D eigenvalue weighted by Gasteiger charge is -2.29. The topological polar surface area (TPSA) is 51.4 Å². The molecule has 1 fully saturated rings. The van der Waals surface area contributed by atoms with Gasteiger partial charge in [-0.1, -0.05) is 19.1 Å². The Labute approximate surface area is 124 Å². The molecule has 1 unspecified atom stereocenters. The van der Waals surface area contributed by atoms with E-state index in [0.717, 1.165) is 36.9 Å². The van der Waals surface area contributed by atoms with Crippen LogP contribution in [0.1, 0.15) is 25.7 Å². The maximum atomic E-state index is 5.81. The van der Waals surface area contributed by atoms with Gasteiger partial charge in [-0.15, -0.1) is 10.2 Å². The Morgan fingerprint density at radius 1 is 1.33 bits per heavy atom. The number of hydrogen-bond acceptors (Lipinski definition) is 5. The first kappa shape index (κ1) is 14.1. The Balaban J connectivity index is 1.74. The van der Waals surface area contributed by atoms with Crippen LogP contribution in [-0.2, 0) is 6.54 Å². The second kappa shape index (κ2) is 6.26. The van der Waals surface area contributed by atoms with Gasteiger partial charge in [0.1, 0.15) is 5.75 Å². The monoisotopic (exact) mass is 287 g/mol. The molecular weight excluding hydrogens is 266 g/mol. The van der Waals surface area contributed by atoms with E-state index in [-0.39, 0.29) is 0 Å². The van der Waals surface area contributed by atoms with E-state index < -0.39 is 0 Å². The van der Waals surface area contributed by atoms with Crippen molar-refractivity contribution < 1.29 is 9.15 Å². The first-order chi connectivity index (χ1) is 10.3. The van der Waals surface area contributed by atoms with Crippen molar-refractivity contribution in [2.24, 2.45) is 5.92 Å². The van der Waals surface area contributed by atoms with Crippen molar-refractivity contribution in [1.29, 1.82) is 0 Å². The molecular formula is C16H21N3O2. The van der Waals surface area contributed by atoms with Crippen molar-refractivity contribution in [2.75, 3.05) is 20.2 Å². The molecule has 3 rings (SSSR count). The number of likely N-dealkylation sites (tertiary alicyclic amines) is 1.